The van der Waals surface area contributed by atoms with Crippen LogP contribution < -0.4 is 15.2 Å². The van der Waals surface area contributed by atoms with Crippen LogP contribution in [0.15, 0.2) is 42.5 Å². The van der Waals surface area contributed by atoms with Gasteiger partial charge in [0, 0.05) is 12.1 Å². The van der Waals surface area contributed by atoms with Crippen molar-refractivity contribution in [3.63, 3.8) is 0 Å². The second-order valence-corrected chi connectivity index (χ2v) is 5.01. The van der Waals surface area contributed by atoms with E-state index in [-0.39, 0.29) is 16.5 Å². The maximum absolute atomic E-state index is 10.9. The third kappa shape index (κ3) is 4.33. The number of nitro groups is 1. The summed E-state index contributed by atoms with van der Waals surface area (Å²) in [5, 5.41) is 10.8. The molecule has 0 spiro atoms. The minimum atomic E-state index is -0.745. The molecule has 2 aromatic rings. The summed E-state index contributed by atoms with van der Waals surface area (Å²) in [5.74, 6) is 0.637. The molecule has 0 aromatic heterocycles. The number of nitro benzene ring substituents is 1. The highest BCUT2D eigenvalue weighted by Crippen LogP contribution is 2.32. The predicted octanol–water partition coefficient (Wildman–Crippen LogP) is 3.29. The van der Waals surface area contributed by atoms with Crippen molar-refractivity contribution in [2.45, 2.75) is 13.0 Å². The number of halogens is 1. The molecule has 1 unspecified atom stereocenters. The van der Waals surface area contributed by atoms with E-state index in [1.807, 2.05) is 0 Å². The van der Waals surface area contributed by atoms with Crippen LogP contribution in [-0.4, -0.2) is 16.9 Å². The zero-order valence-electron chi connectivity index (χ0n) is 12.1. The average molecular weight is 337 g/mol. The number of primary amides is 1. The first-order valence-electron chi connectivity index (χ1n) is 6.54. The van der Waals surface area contributed by atoms with E-state index in [9.17, 15) is 14.9 Å². The van der Waals surface area contributed by atoms with Crippen molar-refractivity contribution in [3.05, 3.63) is 57.6 Å². The third-order valence-electron chi connectivity index (χ3n) is 2.89. The van der Waals surface area contributed by atoms with Gasteiger partial charge in [-0.2, -0.15) is 0 Å². The summed E-state index contributed by atoms with van der Waals surface area (Å²) in [4.78, 5) is 21.1. The zero-order chi connectivity index (χ0) is 17.0. The second-order valence-electron chi connectivity index (χ2n) is 4.61. The number of hydrogen-bond acceptors (Lipinski definition) is 5. The van der Waals surface area contributed by atoms with Crippen molar-refractivity contribution < 1.29 is 19.2 Å². The number of nitrogens with two attached hydrogens (primary N) is 1. The molecule has 0 saturated carbocycles. The van der Waals surface area contributed by atoms with Crippen LogP contribution in [-0.2, 0) is 4.79 Å². The number of amides is 1. The molecular formula is C15H13ClN2O5. The molecule has 0 aliphatic heterocycles. The summed E-state index contributed by atoms with van der Waals surface area (Å²) in [5.41, 5.74) is 5.00. The molecule has 8 heteroatoms. The lowest BCUT2D eigenvalue weighted by Gasteiger charge is -2.12. The van der Waals surface area contributed by atoms with Crippen molar-refractivity contribution in [2.75, 3.05) is 0 Å². The Morgan fingerprint density at radius 2 is 1.83 bits per heavy atom. The Labute approximate surface area is 136 Å². The molecule has 2 aromatic carbocycles. The van der Waals surface area contributed by atoms with Crippen molar-refractivity contribution in [1.29, 1.82) is 0 Å². The fraction of sp³-hybridized carbons (Fsp3) is 0.133. The highest BCUT2D eigenvalue weighted by Gasteiger charge is 2.12. The van der Waals surface area contributed by atoms with E-state index in [2.05, 4.69) is 0 Å². The third-order valence-corrected chi connectivity index (χ3v) is 3.19. The number of hydrogen-bond donors (Lipinski definition) is 1. The van der Waals surface area contributed by atoms with E-state index in [1.165, 1.54) is 18.2 Å². The van der Waals surface area contributed by atoms with E-state index in [1.54, 1.807) is 31.2 Å². The molecule has 0 fully saturated rings. The molecule has 2 rings (SSSR count). The van der Waals surface area contributed by atoms with Gasteiger partial charge in [0.05, 0.1) is 9.95 Å². The predicted molar refractivity (Wildman–Crippen MR) is 83.9 cm³/mol. The van der Waals surface area contributed by atoms with Crippen LogP contribution in [0, 0.1) is 10.1 Å². The van der Waals surface area contributed by atoms with Gasteiger partial charge in [-0.3, -0.25) is 14.9 Å². The number of nitrogens with zero attached hydrogens (tertiary/aromatic N) is 1. The van der Waals surface area contributed by atoms with E-state index < -0.39 is 16.9 Å². The minimum Gasteiger partial charge on any atom is -0.481 e. The van der Waals surface area contributed by atoms with Gasteiger partial charge in [-0.25, -0.2) is 0 Å². The second kappa shape index (κ2) is 6.97. The molecule has 23 heavy (non-hydrogen) atoms. The van der Waals surface area contributed by atoms with Crippen molar-refractivity contribution in [3.8, 4) is 17.2 Å². The lowest BCUT2D eigenvalue weighted by molar-refractivity contribution is -0.384. The SMILES string of the molecule is CC(Oc1ccc(Oc2ccc([N+](=O)[O-])cc2Cl)cc1)C(N)=O. The number of carbonyl (C=O) groups excluding carboxylic acids is 1. The van der Waals surface area contributed by atoms with Crippen molar-refractivity contribution in [2.24, 2.45) is 5.73 Å². The summed E-state index contributed by atoms with van der Waals surface area (Å²) in [7, 11) is 0. The normalized spacial score (nSPS) is 11.6. The number of benzene rings is 2. The molecule has 0 heterocycles. The van der Waals surface area contributed by atoms with Crippen molar-refractivity contribution in [1.82, 2.24) is 0 Å². The number of non-ortho nitro benzene ring substituents is 1. The standard InChI is InChI=1S/C15H13ClN2O5/c1-9(15(17)19)22-11-3-5-12(6-4-11)23-14-7-2-10(18(20)21)8-13(14)16/h2-9H,1H3,(H2,17,19). The van der Waals surface area contributed by atoms with E-state index >= 15 is 0 Å². The summed E-state index contributed by atoms with van der Waals surface area (Å²) >= 11 is 5.95. The lowest BCUT2D eigenvalue weighted by atomic mass is 10.3. The Bertz CT molecular complexity index is 733. The van der Waals surface area contributed by atoms with Crippen LogP contribution in [0.4, 0.5) is 5.69 Å². The van der Waals surface area contributed by atoms with Gasteiger partial charge in [-0.15, -0.1) is 0 Å². The Balaban J connectivity index is 2.09. The zero-order valence-corrected chi connectivity index (χ0v) is 12.8. The van der Waals surface area contributed by atoms with E-state index in [0.29, 0.717) is 11.5 Å². The first kappa shape index (κ1) is 16.6. The molecule has 0 radical (unpaired) electrons. The molecule has 7 nitrogen and oxygen atoms in total. The van der Waals surface area contributed by atoms with Crippen LogP contribution >= 0.6 is 11.6 Å². The highest BCUT2D eigenvalue weighted by atomic mass is 35.5. The van der Waals surface area contributed by atoms with Gasteiger partial charge in [0.15, 0.2) is 6.10 Å². The minimum absolute atomic E-state index is 0.119. The van der Waals surface area contributed by atoms with E-state index in [0.717, 1.165) is 0 Å². The average Bonchev–Trinajstić information content (AvgIpc) is 2.50. The van der Waals surface area contributed by atoms with Crippen LogP contribution in [0.5, 0.6) is 17.2 Å². The Kier molecular flexibility index (Phi) is 5.02. The number of rotatable bonds is 6. The maximum Gasteiger partial charge on any atom is 0.271 e. The smallest absolute Gasteiger partial charge is 0.271 e. The summed E-state index contributed by atoms with van der Waals surface area (Å²) in [6, 6.07) is 10.4. The maximum atomic E-state index is 10.9. The Morgan fingerprint density at radius 1 is 1.22 bits per heavy atom. The molecular weight excluding hydrogens is 324 g/mol. The quantitative estimate of drug-likeness (QED) is 0.643. The van der Waals surface area contributed by atoms with Crippen LogP contribution in [0.3, 0.4) is 0 Å². The molecule has 1 amide bonds. The largest absolute Gasteiger partial charge is 0.481 e. The fourth-order valence-corrected chi connectivity index (χ4v) is 1.87. The van der Waals surface area contributed by atoms with Gasteiger partial charge < -0.3 is 15.2 Å². The number of carbonyl (C=O) groups is 1. The molecule has 0 aliphatic rings. The molecule has 0 bridgehead atoms. The monoisotopic (exact) mass is 336 g/mol. The topological polar surface area (TPSA) is 105 Å². The van der Waals surface area contributed by atoms with Crippen LogP contribution in [0.2, 0.25) is 5.02 Å². The molecule has 0 saturated heterocycles. The number of ether oxygens (including phenoxy) is 2. The summed E-state index contributed by atoms with van der Waals surface area (Å²) in [6.45, 7) is 1.55. The van der Waals surface area contributed by atoms with Crippen LogP contribution in [0.25, 0.3) is 0 Å². The van der Waals surface area contributed by atoms with Crippen LogP contribution in [0.1, 0.15) is 6.92 Å². The van der Waals surface area contributed by atoms with E-state index in [4.69, 9.17) is 26.8 Å². The summed E-state index contributed by atoms with van der Waals surface area (Å²) in [6.07, 6.45) is -0.745. The van der Waals surface area contributed by atoms with Gasteiger partial charge in [-0.1, -0.05) is 11.6 Å². The van der Waals surface area contributed by atoms with Gasteiger partial charge in [0.25, 0.3) is 11.6 Å². The Hall–Kier alpha value is -2.80. The lowest BCUT2D eigenvalue weighted by Crippen LogP contribution is -2.30. The fourth-order valence-electron chi connectivity index (χ4n) is 1.66. The van der Waals surface area contributed by atoms with Crippen molar-refractivity contribution >= 4 is 23.2 Å². The summed E-state index contributed by atoms with van der Waals surface area (Å²) < 4.78 is 10.9. The van der Waals surface area contributed by atoms with Gasteiger partial charge >= 0.3 is 0 Å². The first-order chi connectivity index (χ1) is 10.9. The van der Waals surface area contributed by atoms with Gasteiger partial charge in [-0.05, 0) is 37.3 Å². The Morgan fingerprint density at radius 3 is 2.35 bits per heavy atom. The molecule has 2 N–H and O–H groups in total. The molecule has 1 atom stereocenters. The molecule has 0 aliphatic carbocycles. The first-order valence-corrected chi connectivity index (χ1v) is 6.92. The molecule has 120 valence electrons. The van der Waals surface area contributed by atoms with Gasteiger partial charge in [0.2, 0.25) is 0 Å². The van der Waals surface area contributed by atoms with Gasteiger partial charge in [0.1, 0.15) is 17.2 Å². The highest BCUT2D eigenvalue weighted by molar-refractivity contribution is 6.32.